The molecule has 1 unspecified atom stereocenters. The molecule has 0 fully saturated rings. The number of aromatic nitrogens is 3. The third-order valence-electron chi connectivity index (χ3n) is 3.43. The van der Waals surface area contributed by atoms with Crippen LogP contribution in [0, 0.1) is 6.92 Å². The van der Waals surface area contributed by atoms with E-state index in [1.54, 1.807) is 13.0 Å². The van der Waals surface area contributed by atoms with E-state index in [4.69, 9.17) is 4.52 Å². The first kappa shape index (κ1) is 15.7. The Morgan fingerprint density at radius 3 is 2.50 bits per heavy atom. The van der Waals surface area contributed by atoms with Crippen LogP contribution in [0.4, 0.5) is 11.8 Å². The number of amides is 1. The van der Waals surface area contributed by atoms with Crippen LogP contribution in [-0.2, 0) is 0 Å². The molecule has 1 amide bonds. The predicted octanol–water partition coefficient (Wildman–Crippen LogP) is 3.20. The van der Waals surface area contributed by atoms with Gasteiger partial charge in [0.2, 0.25) is 5.95 Å². The number of nitrogens with zero attached hydrogens (tertiary/aromatic N) is 3. The quantitative estimate of drug-likeness (QED) is 0.749. The fourth-order valence-corrected chi connectivity index (χ4v) is 2.15. The Labute approximate surface area is 139 Å². The van der Waals surface area contributed by atoms with E-state index < -0.39 is 0 Å². The van der Waals surface area contributed by atoms with Gasteiger partial charge >= 0.3 is 0 Å². The highest BCUT2D eigenvalue weighted by Gasteiger charge is 2.11. The maximum Gasteiger partial charge on any atom is 0.260 e. The maximum atomic E-state index is 12.1. The van der Waals surface area contributed by atoms with Crippen LogP contribution >= 0.6 is 0 Å². The Hall–Kier alpha value is -3.22. The third-order valence-corrected chi connectivity index (χ3v) is 3.43. The van der Waals surface area contributed by atoms with Crippen LogP contribution in [0.5, 0.6) is 0 Å². The summed E-state index contributed by atoms with van der Waals surface area (Å²) in [6.07, 6.45) is 2.94. The normalized spacial score (nSPS) is 11.8. The Morgan fingerprint density at radius 2 is 1.88 bits per heavy atom. The number of anilines is 2. The van der Waals surface area contributed by atoms with Gasteiger partial charge in [0.1, 0.15) is 5.76 Å². The lowest BCUT2D eigenvalue weighted by Crippen LogP contribution is -2.14. The van der Waals surface area contributed by atoms with Gasteiger partial charge in [-0.3, -0.25) is 4.79 Å². The van der Waals surface area contributed by atoms with Crippen molar-refractivity contribution in [2.75, 3.05) is 10.6 Å². The molecule has 0 bridgehead atoms. The van der Waals surface area contributed by atoms with Crippen LogP contribution in [0.2, 0.25) is 0 Å². The summed E-state index contributed by atoms with van der Waals surface area (Å²) >= 11 is 0. The minimum Gasteiger partial charge on any atom is -0.360 e. The lowest BCUT2D eigenvalue weighted by Gasteiger charge is -2.14. The fraction of sp³-hybridized carbons (Fsp3) is 0.176. The van der Waals surface area contributed by atoms with Gasteiger partial charge in [0, 0.05) is 18.5 Å². The second-order valence-electron chi connectivity index (χ2n) is 5.35. The van der Waals surface area contributed by atoms with E-state index in [1.807, 2.05) is 37.3 Å². The van der Waals surface area contributed by atoms with E-state index in [2.05, 4.69) is 25.8 Å². The summed E-state index contributed by atoms with van der Waals surface area (Å²) in [5.41, 5.74) is 1.47. The first-order chi connectivity index (χ1) is 11.6. The molecule has 2 aromatic heterocycles. The molecule has 0 aliphatic heterocycles. The first-order valence-corrected chi connectivity index (χ1v) is 7.50. The van der Waals surface area contributed by atoms with Gasteiger partial charge in [-0.2, -0.15) is 0 Å². The number of benzene rings is 1. The Balaban J connectivity index is 1.63. The number of hydrogen-bond acceptors (Lipinski definition) is 6. The van der Waals surface area contributed by atoms with Crippen LogP contribution in [-0.4, -0.2) is 21.0 Å². The molecule has 3 aromatic rings. The fourth-order valence-electron chi connectivity index (χ4n) is 2.15. The molecule has 0 aliphatic rings. The topological polar surface area (TPSA) is 92.9 Å². The summed E-state index contributed by atoms with van der Waals surface area (Å²) in [5.74, 6) is 1.10. The summed E-state index contributed by atoms with van der Waals surface area (Å²) in [7, 11) is 0. The minimum atomic E-state index is -0.342. The van der Waals surface area contributed by atoms with Crippen molar-refractivity contribution >= 4 is 17.7 Å². The lowest BCUT2D eigenvalue weighted by atomic mass is 10.1. The van der Waals surface area contributed by atoms with Crippen LogP contribution in [0.15, 0.2) is 53.3 Å². The van der Waals surface area contributed by atoms with Crippen molar-refractivity contribution in [1.29, 1.82) is 0 Å². The number of carbonyl (C=O) groups is 1. The van der Waals surface area contributed by atoms with Gasteiger partial charge in [0.05, 0.1) is 11.6 Å². The second-order valence-corrected chi connectivity index (χ2v) is 5.35. The summed E-state index contributed by atoms with van der Waals surface area (Å²) in [6.45, 7) is 3.77. The monoisotopic (exact) mass is 323 g/mol. The molecular formula is C17H17N5O2. The standard InChI is InChI=1S/C17H17N5O2/c1-11-8-15(22-24-11)21-16(23)14-9-18-17(19-10-14)20-12(2)13-6-4-3-5-7-13/h3-10,12H,1-2H3,(H,18,19,20)(H,21,22,23). The van der Waals surface area contributed by atoms with Gasteiger partial charge in [-0.05, 0) is 19.4 Å². The van der Waals surface area contributed by atoms with Gasteiger partial charge in [0.25, 0.3) is 5.91 Å². The van der Waals surface area contributed by atoms with E-state index >= 15 is 0 Å². The van der Waals surface area contributed by atoms with E-state index in [1.165, 1.54) is 12.4 Å². The predicted molar refractivity (Wildman–Crippen MR) is 89.7 cm³/mol. The molecule has 0 radical (unpaired) electrons. The second kappa shape index (κ2) is 6.91. The zero-order valence-corrected chi connectivity index (χ0v) is 13.4. The van der Waals surface area contributed by atoms with Gasteiger partial charge in [-0.25, -0.2) is 9.97 Å². The largest absolute Gasteiger partial charge is 0.360 e. The molecule has 3 rings (SSSR count). The smallest absolute Gasteiger partial charge is 0.260 e. The summed E-state index contributed by atoms with van der Waals surface area (Å²) in [5, 5.41) is 9.53. The van der Waals surface area contributed by atoms with Crippen LogP contribution in [0.3, 0.4) is 0 Å². The zero-order valence-electron chi connectivity index (χ0n) is 13.4. The van der Waals surface area contributed by atoms with E-state index in [-0.39, 0.29) is 11.9 Å². The number of carbonyl (C=O) groups excluding carboxylic acids is 1. The van der Waals surface area contributed by atoms with Crippen LogP contribution < -0.4 is 10.6 Å². The zero-order chi connectivity index (χ0) is 16.9. The number of rotatable bonds is 5. The summed E-state index contributed by atoms with van der Waals surface area (Å²) in [4.78, 5) is 20.5. The highest BCUT2D eigenvalue weighted by molar-refractivity contribution is 6.03. The third kappa shape index (κ3) is 3.75. The van der Waals surface area contributed by atoms with Crippen molar-refractivity contribution < 1.29 is 9.32 Å². The van der Waals surface area contributed by atoms with Gasteiger partial charge in [-0.15, -0.1) is 0 Å². The molecule has 24 heavy (non-hydrogen) atoms. The van der Waals surface area contributed by atoms with Crippen molar-refractivity contribution in [2.24, 2.45) is 0 Å². The molecular weight excluding hydrogens is 306 g/mol. The molecule has 1 aromatic carbocycles. The number of nitrogens with one attached hydrogen (secondary N) is 2. The maximum absolute atomic E-state index is 12.1. The molecule has 0 spiro atoms. The van der Waals surface area contributed by atoms with Crippen molar-refractivity contribution in [3.05, 3.63) is 65.7 Å². The highest BCUT2D eigenvalue weighted by Crippen LogP contribution is 2.16. The SMILES string of the molecule is Cc1cc(NC(=O)c2cnc(NC(C)c3ccccc3)nc2)no1. The summed E-state index contributed by atoms with van der Waals surface area (Å²) < 4.78 is 4.90. The molecule has 7 nitrogen and oxygen atoms in total. The number of aryl methyl sites for hydroxylation is 1. The molecule has 7 heteroatoms. The van der Waals surface area contributed by atoms with E-state index in [9.17, 15) is 4.79 Å². The van der Waals surface area contributed by atoms with E-state index in [0.717, 1.165) is 5.56 Å². The molecule has 0 aliphatic carbocycles. The van der Waals surface area contributed by atoms with Gasteiger partial charge < -0.3 is 15.2 Å². The van der Waals surface area contributed by atoms with Crippen LogP contribution in [0.25, 0.3) is 0 Å². The lowest BCUT2D eigenvalue weighted by molar-refractivity contribution is 0.102. The first-order valence-electron chi connectivity index (χ1n) is 7.50. The molecule has 2 N–H and O–H groups in total. The Kier molecular flexibility index (Phi) is 4.51. The molecule has 2 heterocycles. The molecule has 1 atom stereocenters. The van der Waals surface area contributed by atoms with Crippen molar-refractivity contribution in [3.8, 4) is 0 Å². The Morgan fingerprint density at radius 1 is 1.17 bits per heavy atom. The average Bonchev–Trinajstić information content (AvgIpc) is 3.01. The number of hydrogen-bond donors (Lipinski definition) is 2. The van der Waals surface area contributed by atoms with Crippen molar-refractivity contribution in [1.82, 2.24) is 15.1 Å². The average molecular weight is 323 g/mol. The molecule has 122 valence electrons. The van der Waals surface area contributed by atoms with Gasteiger partial charge in [0.15, 0.2) is 5.82 Å². The van der Waals surface area contributed by atoms with Crippen molar-refractivity contribution in [3.63, 3.8) is 0 Å². The van der Waals surface area contributed by atoms with E-state index in [0.29, 0.717) is 23.1 Å². The highest BCUT2D eigenvalue weighted by atomic mass is 16.5. The molecule has 0 saturated heterocycles. The molecule has 0 saturated carbocycles. The minimum absolute atomic E-state index is 0.0592. The van der Waals surface area contributed by atoms with Crippen LogP contribution in [0.1, 0.15) is 34.6 Å². The van der Waals surface area contributed by atoms with Crippen molar-refractivity contribution in [2.45, 2.75) is 19.9 Å². The summed E-state index contributed by atoms with van der Waals surface area (Å²) in [6, 6.07) is 11.7. The Bertz CT molecular complexity index is 815. The van der Waals surface area contributed by atoms with Gasteiger partial charge in [-0.1, -0.05) is 35.5 Å².